The third kappa shape index (κ3) is 2.62. The molecule has 0 amide bonds. The van der Waals surface area contributed by atoms with Crippen molar-refractivity contribution in [3.63, 3.8) is 0 Å². The first-order chi connectivity index (χ1) is 6.15. The van der Waals surface area contributed by atoms with Crippen molar-refractivity contribution >= 4 is 11.6 Å². The predicted molar refractivity (Wildman–Crippen MR) is 45.9 cm³/mol. The van der Waals surface area contributed by atoms with E-state index in [-0.39, 0.29) is 5.88 Å². The molecule has 1 heterocycles. The molecule has 0 saturated carbocycles. The van der Waals surface area contributed by atoms with Crippen LogP contribution in [-0.2, 0) is 0 Å². The summed E-state index contributed by atoms with van der Waals surface area (Å²) in [5.74, 6) is -0.713. The van der Waals surface area contributed by atoms with E-state index in [1.54, 1.807) is 0 Å². The normalized spacial score (nSPS) is 15.4. The SMILES string of the molecule is OC(CCl)C(O)c1ccc(F)nc1. The van der Waals surface area contributed by atoms with Gasteiger partial charge in [0, 0.05) is 11.8 Å². The van der Waals surface area contributed by atoms with Gasteiger partial charge in [0.2, 0.25) is 5.95 Å². The largest absolute Gasteiger partial charge is 0.389 e. The summed E-state index contributed by atoms with van der Waals surface area (Å²) in [6.45, 7) is 0. The van der Waals surface area contributed by atoms with Gasteiger partial charge in [-0.05, 0) is 6.07 Å². The number of aromatic nitrogens is 1. The van der Waals surface area contributed by atoms with Crippen LogP contribution in [0, 0.1) is 5.95 Å². The maximum absolute atomic E-state index is 12.4. The van der Waals surface area contributed by atoms with Crippen LogP contribution < -0.4 is 0 Å². The van der Waals surface area contributed by atoms with Crippen LogP contribution in [0.1, 0.15) is 11.7 Å². The number of aliphatic hydroxyl groups excluding tert-OH is 2. The molecule has 0 radical (unpaired) electrons. The Balaban J connectivity index is 2.77. The van der Waals surface area contributed by atoms with Crippen molar-refractivity contribution in [2.24, 2.45) is 0 Å². The summed E-state index contributed by atoms with van der Waals surface area (Å²) in [7, 11) is 0. The van der Waals surface area contributed by atoms with Crippen LogP contribution in [0.2, 0.25) is 0 Å². The van der Waals surface area contributed by atoms with E-state index >= 15 is 0 Å². The number of halogens is 2. The Morgan fingerprint density at radius 1 is 1.46 bits per heavy atom. The van der Waals surface area contributed by atoms with E-state index in [0.717, 1.165) is 12.3 Å². The van der Waals surface area contributed by atoms with Crippen LogP contribution in [0.3, 0.4) is 0 Å². The highest BCUT2D eigenvalue weighted by atomic mass is 35.5. The number of hydrogen-bond donors (Lipinski definition) is 2. The fourth-order valence-corrected chi connectivity index (χ4v) is 1.04. The minimum atomic E-state index is -1.12. The van der Waals surface area contributed by atoms with Crippen LogP contribution in [-0.4, -0.2) is 27.2 Å². The predicted octanol–water partition coefficient (Wildman–Crippen LogP) is 0.854. The molecule has 0 saturated heterocycles. The summed E-state index contributed by atoms with van der Waals surface area (Å²) < 4.78 is 12.4. The minimum Gasteiger partial charge on any atom is -0.389 e. The molecule has 13 heavy (non-hydrogen) atoms. The third-order valence-electron chi connectivity index (χ3n) is 1.61. The molecule has 0 aliphatic carbocycles. The molecular weight excluding hydrogens is 197 g/mol. The third-order valence-corrected chi connectivity index (χ3v) is 1.93. The molecule has 2 atom stereocenters. The van der Waals surface area contributed by atoms with Crippen LogP contribution in [0.4, 0.5) is 4.39 Å². The van der Waals surface area contributed by atoms with Gasteiger partial charge in [-0.2, -0.15) is 4.39 Å². The van der Waals surface area contributed by atoms with E-state index in [1.807, 2.05) is 0 Å². The zero-order valence-electron chi connectivity index (χ0n) is 6.69. The average molecular weight is 206 g/mol. The zero-order valence-corrected chi connectivity index (χ0v) is 7.45. The van der Waals surface area contributed by atoms with Crippen molar-refractivity contribution in [3.05, 3.63) is 29.8 Å². The number of hydrogen-bond acceptors (Lipinski definition) is 3. The second-order valence-electron chi connectivity index (χ2n) is 2.58. The van der Waals surface area contributed by atoms with E-state index in [0.29, 0.717) is 5.56 Å². The van der Waals surface area contributed by atoms with Crippen LogP contribution >= 0.6 is 11.6 Å². The quantitative estimate of drug-likeness (QED) is 0.568. The lowest BCUT2D eigenvalue weighted by Crippen LogP contribution is -2.19. The van der Waals surface area contributed by atoms with Crippen molar-refractivity contribution in [2.75, 3.05) is 5.88 Å². The molecule has 1 rings (SSSR count). The Morgan fingerprint density at radius 2 is 2.15 bits per heavy atom. The molecule has 5 heteroatoms. The van der Waals surface area contributed by atoms with Crippen LogP contribution in [0.15, 0.2) is 18.3 Å². The van der Waals surface area contributed by atoms with Gasteiger partial charge in [0.1, 0.15) is 6.10 Å². The van der Waals surface area contributed by atoms with Gasteiger partial charge in [-0.15, -0.1) is 11.6 Å². The lowest BCUT2D eigenvalue weighted by molar-refractivity contribution is 0.0324. The molecule has 0 aliphatic rings. The zero-order chi connectivity index (χ0) is 9.84. The van der Waals surface area contributed by atoms with Gasteiger partial charge < -0.3 is 10.2 Å². The lowest BCUT2D eigenvalue weighted by Gasteiger charge is -2.14. The number of alkyl halides is 1. The maximum Gasteiger partial charge on any atom is 0.212 e. The lowest BCUT2D eigenvalue weighted by atomic mass is 10.1. The summed E-state index contributed by atoms with van der Waals surface area (Å²) in [5, 5.41) is 18.5. The van der Waals surface area contributed by atoms with Gasteiger partial charge in [0.05, 0.1) is 12.0 Å². The molecule has 0 bridgehead atoms. The van der Waals surface area contributed by atoms with Gasteiger partial charge in [0.15, 0.2) is 0 Å². The van der Waals surface area contributed by atoms with Crippen LogP contribution in [0.25, 0.3) is 0 Å². The standard InChI is InChI=1S/C8H9ClFNO2/c9-3-6(12)8(13)5-1-2-7(10)11-4-5/h1-2,4,6,8,12-13H,3H2. The molecule has 3 nitrogen and oxygen atoms in total. The monoisotopic (exact) mass is 205 g/mol. The van der Waals surface area contributed by atoms with Gasteiger partial charge in [-0.3, -0.25) is 0 Å². The first-order valence-corrected chi connectivity index (χ1v) is 4.22. The van der Waals surface area contributed by atoms with E-state index in [9.17, 15) is 9.50 Å². The Kier molecular flexibility index (Phi) is 3.59. The summed E-state index contributed by atoms with van der Waals surface area (Å²) in [6.07, 6.45) is -1.02. The van der Waals surface area contributed by atoms with Gasteiger partial charge in [0.25, 0.3) is 0 Å². The second kappa shape index (κ2) is 4.50. The van der Waals surface area contributed by atoms with Gasteiger partial charge >= 0.3 is 0 Å². The number of nitrogens with zero attached hydrogens (tertiary/aromatic N) is 1. The van der Waals surface area contributed by atoms with Crippen molar-refractivity contribution in [3.8, 4) is 0 Å². The second-order valence-corrected chi connectivity index (χ2v) is 2.89. The molecular formula is C8H9ClFNO2. The van der Waals surface area contributed by atoms with Gasteiger partial charge in [-0.1, -0.05) is 6.07 Å². The van der Waals surface area contributed by atoms with E-state index in [4.69, 9.17) is 16.7 Å². The van der Waals surface area contributed by atoms with Crippen molar-refractivity contribution < 1.29 is 14.6 Å². The fraction of sp³-hybridized carbons (Fsp3) is 0.375. The van der Waals surface area contributed by atoms with Crippen molar-refractivity contribution in [2.45, 2.75) is 12.2 Å². The molecule has 72 valence electrons. The van der Waals surface area contributed by atoms with Crippen LogP contribution in [0.5, 0.6) is 0 Å². The number of aliphatic hydroxyl groups is 2. The Morgan fingerprint density at radius 3 is 2.62 bits per heavy atom. The van der Waals surface area contributed by atoms with E-state index in [1.165, 1.54) is 6.07 Å². The average Bonchev–Trinajstić information content (AvgIpc) is 2.17. The fourth-order valence-electron chi connectivity index (χ4n) is 0.869. The van der Waals surface area contributed by atoms with E-state index < -0.39 is 18.2 Å². The molecule has 0 aromatic carbocycles. The molecule has 0 aliphatic heterocycles. The smallest absolute Gasteiger partial charge is 0.212 e. The van der Waals surface area contributed by atoms with Crippen molar-refractivity contribution in [1.29, 1.82) is 0 Å². The number of pyridine rings is 1. The molecule has 2 unspecified atom stereocenters. The highest BCUT2D eigenvalue weighted by Crippen LogP contribution is 2.16. The Bertz CT molecular complexity index is 267. The molecule has 1 aromatic heterocycles. The Hall–Kier alpha value is -0.710. The van der Waals surface area contributed by atoms with E-state index in [2.05, 4.69) is 4.98 Å². The van der Waals surface area contributed by atoms with Gasteiger partial charge in [-0.25, -0.2) is 4.98 Å². The molecule has 0 fully saturated rings. The summed E-state index contributed by atoms with van der Waals surface area (Å²) >= 11 is 5.32. The molecule has 1 aromatic rings. The highest BCUT2D eigenvalue weighted by molar-refractivity contribution is 6.18. The summed E-state index contributed by atoms with van der Waals surface area (Å²) in [5.41, 5.74) is 0.342. The first-order valence-electron chi connectivity index (χ1n) is 3.68. The minimum absolute atomic E-state index is 0.0848. The molecule has 2 N–H and O–H groups in total. The highest BCUT2D eigenvalue weighted by Gasteiger charge is 2.17. The number of rotatable bonds is 3. The molecule has 0 spiro atoms. The topological polar surface area (TPSA) is 53.4 Å². The van der Waals surface area contributed by atoms with Crippen molar-refractivity contribution in [1.82, 2.24) is 4.98 Å². The summed E-state index contributed by atoms with van der Waals surface area (Å²) in [6, 6.07) is 2.46. The first kappa shape index (κ1) is 10.4. The Labute approximate surface area is 79.8 Å². The maximum atomic E-state index is 12.4. The summed E-state index contributed by atoms with van der Waals surface area (Å²) in [4.78, 5) is 3.34.